The monoisotopic (exact) mass is 728 g/mol. The highest BCUT2D eigenvalue weighted by molar-refractivity contribution is 7.15. The van der Waals surface area contributed by atoms with Crippen LogP contribution in [0.5, 0.6) is 0 Å². The zero-order valence-electron chi connectivity index (χ0n) is 29.8. The van der Waals surface area contributed by atoms with Crippen LogP contribution < -0.4 is 0 Å². The van der Waals surface area contributed by atoms with Gasteiger partial charge in [0, 0.05) is 48.7 Å². The summed E-state index contributed by atoms with van der Waals surface area (Å²) in [6.45, 7) is 9.35. The zero-order chi connectivity index (χ0) is 36.6. The highest BCUT2D eigenvalue weighted by Crippen LogP contribution is 2.52. The van der Waals surface area contributed by atoms with Crippen molar-refractivity contribution < 1.29 is 24.2 Å². The molecule has 1 atom stereocenters. The Balaban J connectivity index is 0.935. The molecule has 3 aromatic carbocycles. The Morgan fingerprint density at radius 3 is 2.40 bits per heavy atom. The minimum absolute atomic E-state index is 0.0784. The van der Waals surface area contributed by atoms with Gasteiger partial charge in [-0.1, -0.05) is 30.3 Å². The lowest BCUT2D eigenvalue weighted by Crippen LogP contribution is -2.62. The summed E-state index contributed by atoms with van der Waals surface area (Å²) in [6.07, 6.45) is 1.87. The number of oxazole rings is 1. The number of aliphatic carboxylic acids is 1. The second kappa shape index (κ2) is 12.9. The molecule has 2 aromatic heterocycles. The number of carbonyl (C=O) groups excluding carboxylic acids is 1. The molecule has 9 rings (SSSR count). The number of aromatic nitrogens is 2. The van der Waals surface area contributed by atoms with Gasteiger partial charge >= 0.3 is 5.97 Å². The van der Waals surface area contributed by atoms with E-state index in [-0.39, 0.29) is 23.3 Å². The summed E-state index contributed by atoms with van der Waals surface area (Å²) in [5, 5.41) is 30.1. The number of benzene rings is 3. The van der Waals surface area contributed by atoms with Gasteiger partial charge in [0.05, 0.1) is 42.9 Å². The van der Waals surface area contributed by atoms with Crippen LogP contribution in [0.1, 0.15) is 52.1 Å². The average Bonchev–Trinajstić information content (AvgIpc) is 3.89. The molecule has 0 radical (unpaired) electrons. The first-order valence-electron chi connectivity index (χ1n) is 18.2. The van der Waals surface area contributed by atoms with Crippen molar-refractivity contribution in [1.82, 2.24) is 24.7 Å². The number of nitriles is 1. The van der Waals surface area contributed by atoms with Gasteiger partial charge in [-0.25, -0.2) is 9.97 Å². The Hall–Kier alpha value is -4.93. The van der Waals surface area contributed by atoms with Gasteiger partial charge < -0.3 is 19.5 Å². The van der Waals surface area contributed by atoms with E-state index in [0.29, 0.717) is 55.3 Å². The Kier molecular flexibility index (Phi) is 8.23. The van der Waals surface area contributed by atoms with Gasteiger partial charge in [-0.2, -0.15) is 5.26 Å². The molecule has 1 spiro atoms. The fraction of sp³-hybridized carbons (Fsp3) is 0.390. The molecule has 0 bridgehead atoms. The minimum Gasteiger partial charge on any atom is -0.481 e. The van der Waals surface area contributed by atoms with E-state index in [1.54, 1.807) is 11.3 Å². The molecule has 12 heteroatoms. The Bertz CT molecular complexity index is 2320. The summed E-state index contributed by atoms with van der Waals surface area (Å²) in [5.74, 6) is -0.359. The Morgan fingerprint density at radius 2 is 1.72 bits per heavy atom. The van der Waals surface area contributed by atoms with Crippen LogP contribution in [0.2, 0.25) is 0 Å². The summed E-state index contributed by atoms with van der Waals surface area (Å²) in [7, 11) is 0. The Labute approximate surface area is 311 Å². The number of amides is 1. The first-order chi connectivity index (χ1) is 25.6. The van der Waals surface area contributed by atoms with Crippen molar-refractivity contribution in [2.24, 2.45) is 11.3 Å². The molecule has 3 fully saturated rings. The van der Waals surface area contributed by atoms with Crippen LogP contribution in [0.15, 0.2) is 52.9 Å². The van der Waals surface area contributed by atoms with Gasteiger partial charge in [-0.15, -0.1) is 11.3 Å². The van der Waals surface area contributed by atoms with Crippen LogP contribution >= 0.6 is 11.3 Å². The van der Waals surface area contributed by atoms with Gasteiger partial charge in [-0.3, -0.25) is 19.4 Å². The number of carboxylic acids is 1. The number of carboxylic acid groups (broad SMARTS) is 1. The molecule has 5 aromatic rings. The molecule has 1 amide bonds. The molecular formula is C41H40N6O5S. The largest absolute Gasteiger partial charge is 0.481 e. The van der Waals surface area contributed by atoms with E-state index in [9.17, 15) is 25.1 Å². The lowest BCUT2D eigenvalue weighted by atomic mass is 9.57. The number of β-amino-alcohol motifs (C(OH)–C–C–N with tert-alkyl or cyclic N) is 1. The van der Waals surface area contributed by atoms with Crippen molar-refractivity contribution in [3.8, 4) is 39.2 Å². The predicted molar refractivity (Wildman–Crippen MR) is 200 cm³/mol. The van der Waals surface area contributed by atoms with Gasteiger partial charge in [-0.05, 0) is 84.5 Å². The normalized spacial score (nSPS) is 19.7. The summed E-state index contributed by atoms with van der Waals surface area (Å²) < 4.78 is 6.31. The number of likely N-dealkylation sites (tertiary alicyclic amines) is 2. The Morgan fingerprint density at radius 1 is 1.00 bits per heavy atom. The molecule has 1 aliphatic carbocycles. The molecule has 4 aliphatic rings. The van der Waals surface area contributed by atoms with Crippen LogP contribution in [0, 0.1) is 36.5 Å². The highest BCUT2D eigenvalue weighted by atomic mass is 32.1. The summed E-state index contributed by atoms with van der Waals surface area (Å²) in [4.78, 5) is 41.5. The van der Waals surface area contributed by atoms with Gasteiger partial charge in [0.15, 0.2) is 5.58 Å². The van der Waals surface area contributed by atoms with Crippen LogP contribution in [0.4, 0.5) is 0 Å². The second-order valence-electron chi connectivity index (χ2n) is 15.5. The molecule has 3 aliphatic heterocycles. The van der Waals surface area contributed by atoms with Crippen LogP contribution in [-0.2, 0) is 29.2 Å². The lowest BCUT2D eigenvalue weighted by molar-refractivity contribution is -0.161. The predicted octanol–water partition coefficient (Wildman–Crippen LogP) is 5.98. The number of carbonyl (C=O) groups is 2. The number of thiazole rings is 1. The molecule has 270 valence electrons. The highest BCUT2D eigenvalue weighted by Gasteiger charge is 2.54. The molecule has 2 saturated heterocycles. The number of rotatable bonds is 8. The summed E-state index contributed by atoms with van der Waals surface area (Å²) >= 11 is 1.65. The van der Waals surface area contributed by atoms with Gasteiger partial charge in [0.2, 0.25) is 11.8 Å². The summed E-state index contributed by atoms with van der Waals surface area (Å²) in [6, 6.07) is 18.6. The third-order valence-corrected chi connectivity index (χ3v) is 12.8. The van der Waals surface area contributed by atoms with E-state index in [1.165, 1.54) is 0 Å². The van der Waals surface area contributed by atoms with Crippen LogP contribution in [0.25, 0.3) is 44.3 Å². The molecule has 0 unspecified atom stereocenters. The van der Waals surface area contributed by atoms with Crippen molar-refractivity contribution >= 4 is 34.3 Å². The maximum Gasteiger partial charge on any atom is 0.306 e. The van der Waals surface area contributed by atoms with Crippen molar-refractivity contribution in [3.05, 3.63) is 81.4 Å². The van der Waals surface area contributed by atoms with Crippen LogP contribution in [-0.4, -0.2) is 85.6 Å². The molecule has 5 heterocycles. The van der Waals surface area contributed by atoms with Crippen LogP contribution in [0.3, 0.4) is 0 Å². The van der Waals surface area contributed by atoms with Crippen molar-refractivity contribution in [2.75, 3.05) is 32.7 Å². The third kappa shape index (κ3) is 6.02. The molecule has 53 heavy (non-hydrogen) atoms. The SMILES string of the molecule is Cc1c(-c2nc3cc(CN4CC5(CC(C(=O)O)C5)C4)cc(C#N)c3o2)cccc1-c1cccc(-c2nc3c(s2)CN(C(=O)CN2CC[C@H](O)C2)C3)c1C. The zero-order valence-corrected chi connectivity index (χ0v) is 30.6. The van der Waals surface area contributed by atoms with Crippen molar-refractivity contribution in [1.29, 1.82) is 5.26 Å². The first kappa shape index (κ1) is 33.9. The first-order valence-corrected chi connectivity index (χ1v) is 19.0. The molecule has 2 N–H and O–H groups in total. The maximum absolute atomic E-state index is 13.0. The van der Waals surface area contributed by atoms with E-state index in [1.807, 2.05) is 34.1 Å². The number of hydrogen-bond donors (Lipinski definition) is 2. The molecular weight excluding hydrogens is 689 g/mol. The summed E-state index contributed by atoms with van der Waals surface area (Å²) in [5.41, 5.74) is 9.87. The quantitative estimate of drug-likeness (QED) is 0.196. The van der Waals surface area contributed by atoms with E-state index in [0.717, 1.165) is 93.4 Å². The number of nitrogens with zero attached hydrogens (tertiary/aromatic N) is 6. The fourth-order valence-corrected chi connectivity index (χ4v) is 10.1. The fourth-order valence-electron chi connectivity index (χ4n) is 8.97. The minimum atomic E-state index is -0.692. The van der Waals surface area contributed by atoms with Crippen molar-refractivity contribution in [3.63, 3.8) is 0 Å². The van der Waals surface area contributed by atoms with Crippen molar-refractivity contribution in [2.45, 2.75) is 58.8 Å². The van der Waals surface area contributed by atoms with Gasteiger partial charge in [0.1, 0.15) is 16.6 Å². The average molecular weight is 729 g/mol. The maximum atomic E-state index is 13.0. The van der Waals surface area contributed by atoms with E-state index < -0.39 is 5.97 Å². The molecule has 11 nitrogen and oxygen atoms in total. The second-order valence-corrected chi connectivity index (χ2v) is 16.6. The lowest BCUT2D eigenvalue weighted by Gasteiger charge is -2.58. The topological polar surface area (TPSA) is 147 Å². The van der Waals surface area contributed by atoms with E-state index >= 15 is 0 Å². The van der Waals surface area contributed by atoms with Gasteiger partial charge in [0.25, 0.3) is 0 Å². The number of aliphatic hydroxyl groups is 1. The smallest absolute Gasteiger partial charge is 0.306 e. The van der Waals surface area contributed by atoms with E-state index in [2.05, 4.69) is 49.1 Å². The van der Waals surface area contributed by atoms with E-state index in [4.69, 9.17) is 14.4 Å². The number of aliphatic hydroxyl groups excluding tert-OH is 1. The number of hydrogen-bond acceptors (Lipinski definition) is 10. The third-order valence-electron chi connectivity index (χ3n) is 11.7. The standard InChI is InChI=1S/C41H40N6O5S/c1-23-29(30-6-4-8-32(24(30)2)39-44-34-18-47(19-35(34)53-39)36(49)20-45-10-9-28(48)17-45)5-3-7-31(23)38-43-33-12-25(11-26(15-42)37(33)52-38)16-46-21-41(22-46)13-27(14-41)40(50)51/h3-8,11-12,27-28,48H,9-10,13-14,16-22H2,1-2H3,(H,50,51)/t28-/m0/s1. The number of fused-ring (bicyclic) bond motifs is 2. The molecule has 1 saturated carbocycles.